The SMILES string of the molecule is N#Cc1sc(S)c2c1CCC(C=N)=C2S. The summed E-state index contributed by atoms with van der Waals surface area (Å²) in [5.74, 6) is 0. The van der Waals surface area contributed by atoms with Crippen molar-refractivity contribution in [2.45, 2.75) is 17.1 Å². The van der Waals surface area contributed by atoms with Gasteiger partial charge in [0.15, 0.2) is 0 Å². The molecule has 2 rings (SSSR count). The second-order valence-electron chi connectivity index (χ2n) is 3.22. The largest absolute Gasteiger partial charge is 0.308 e. The van der Waals surface area contributed by atoms with Crippen LogP contribution in [0.5, 0.6) is 0 Å². The minimum atomic E-state index is 0.727. The van der Waals surface area contributed by atoms with Gasteiger partial charge in [0.1, 0.15) is 10.9 Å². The van der Waals surface area contributed by atoms with Gasteiger partial charge in [0, 0.05) is 16.7 Å². The van der Waals surface area contributed by atoms with Crippen molar-refractivity contribution >= 4 is 47.7 Å². The Bertz CT molecular complexity index is 505. The van der Waals surface area contributed by atoms with Crippen LogP contribution in [-0.2, 0) is 6.42 Å². The Kier molecular flexibility index (Phi) is 2.91. The fourth-order valence-electron chi connectivity index (χ4n) is 1.70. The van der Waals surface area contributed by atoms with Crippen molar-refractivity contribution in [3.63, 3.8) is 0 Å². The monoisotopic (exact) mass is 252 g/mol. The normalized spacial score (nSPS) is 14.7. The number of nitrogens with zero attached hydrogens (tertiary/aromatic N) is 1. The highest BCUT2D eigenvalue weighted by atomic mass is 32.2. The Hall–Kier alpha value is -0.700. The molecule has 0 atom stereocenters. The molecule has 5 heteroatoms. The lowest BCUT2D eigenvalue weighted by molar-refractivity contribution is 0.961. The van der Waals surface area contributed by atoms with Gasteiger partial charge in [0.25, 0.3) is 0 Å². The predicted octanol–water partition coefficient (Wildman–Crippen LogP) is 3.15. The van der Waals surface area contributed by atoms with E-state index in [0.29, 0.717) is 0 Å². The average Bonchev–Trinajstić information content (AvgIpc) is 2.56. The molecule has 1 N–H and O–H groups in total. The van der Waals surface area contributed by atoms with Crippen LogP contribution in [0.15, 0.2) is 9.78 Å². The Morgan fingerprint density at radius 2 is 2.13 bits per heavy atom. The molecule has 0 saturated heterocycles. The molecule has 0 saturated carbocycles. The molecule has 2 nitrogen and oxygen atoms in total. The van der Waals surface area contributed by atoms with Gasteiger partial charge in [-0.15, -0.1) is 36.6 Å². The van der Waals surface area contributed by atoms with Gasteiger partial charge in [0.2, 0.25) is 0 Å². The van der Waals surface area contributed by atoms with Crippen molar-refractivity contribution in [2.75, 3.05) is 0 Å². The number of hydrogen-bond donors (Lipinski definition) is 3. The second kappa shape index (κ2) is 4.05. The highest BCUT2D eigenvalue weighted by molar-refractivity contribution is 7.90. The van der Waals surface area contributed by atoms with Crippen molar-refractivity contribution in [1.82, 2.24) is 0 Å². The maximum Gasteiger partial charge on any atom is 0.110 e. The highest BCUT2D eigenvalue weighted by Crippen LogP contribution is 2.42. The van der Waals surface area contributed by atoms with E-state index in [1.807, 2.05) is 0 Å². The van der Waals surface area contributed by atoms with Gasteiger partial charge < -0.3 is 5.41 Å². The van der Waals surface area contributed by atoms with E-state index < -0.39 is 0 Å². The third-order valence-corrected chi connectivity index (χ3v) is 4.40. The summed E-state index contributed by atoms with van der Waals surface area (Å²) in [4.78, 5) is 1.53. The van der Waals surface area contributed by atoms with E-state index in [0.717, 1.165) is 43.5 Å². The first-order chi connectivity index (χ1) is 7.19. The first kappa shape index (κ1) is 10.8. The molecule has 0 aliphatic heterocycles. The predicted molar refractivity (Wildman–Crippen MR) is 69.3 cm³/mol. The molecule has 76 valence electrons. The molecule has 0 radical (unpaired) electrons. The molecule has 1 aliphatic rings. The molecular weight excluding hydrogens is 244 g/mol. The zero-order chi connectivity index (χ0) is 11.0. The summed E-state index contributed by atoms with van der Waals surface area (Å²) in [6, 6.07) is 2.19. The van der Waals surface area contributed by atoms with Crippen molar-refractivity contribution in [2.24, 2.45) is 0 Å². The second-order valence-corrected chi connectivity index (χ2v) is 5.44. The molecule has 1 aromatic rings. The molecule has 0 fully saturated rings. The van der Waals surface area contributed by atoms with E-state index >= 15 is 0 Å². The maximum absolute atomic E-state index is 8.96. The molecule has 0 bridgehead atoms. The molecule has 1 heterocycles. The smallest absolute Gasteiger partial charge is 0.110 e. The topological polar surface area (TPSA) is 47.6 Å². The number of nitrogens with one attached hydrogen (secondary N) is 1. The molecule has 0 amide bonds. The van der Waals surface area contributed by atoms with E-state index in [-0.39, 0.29) is 0 Å². The first-order valence-electron chi connectivity index (χ1n) is 4.36. The summed E-state index contributed by atoms with van der Waals surface area (Å²) in [5, 5.41) is 16.2. The van der Waals surface area contributed by atoms with Gasteiger partial charge in [-0.05, 0) is 24.0 Å². The average molecular weight is 252 g/mol. The number of fused-ring (bicyclic) bond motifs is 1. The summed E-state index contributed by atoms with van der Waals surface area (Å²) >= 11 is 10.2. The van der Waals surface area contributed by atoms with Crippen LogP contribution >= 0.6 is 36.6 Å². The van der Waals surface area contributed by atoms with Crippen LogP contribution in [0.25, 0.3) is 4.91 Å². The fourth-order valence-corrected chi connectivity index (χ4v) is 3.71. The molecule has 1 aliphatic carbocycles. The van der Waals surface area contributed by atoms with E-state index in [9.17, 15) is 0 Å². The van der Waals surface area contributed by atoms with E-state index in [1.165, 1.54) is 17.6 Å². The van der Waals surface area contributed by atoms with Crippen LogP contribution in [0.3, 0.4) is 0 Å². The molecular formula is C10H8N2S3. The summed E-state index contributed by atoms with van der Waals surface area (Å²) in [6.07, 6.45) is 2.93. The standard InChI is InChI=1S/C10H8N2S3/c11-3-5-1-2-6-7(4-12)15-10(14)8(6)9(5)13/h3,11,13-14H,1-2H2. The minimum absolute atomic E-state index is 0.727. The quantitative estimate of drug-likeness (QED) is 0.522. The van der Waals surface area contributed by atoms with Crippen molar-refractivity contribution in [1.29, 1.82) is 10.7 Å². The summed E-state index contributed by atoms with van der Waals surface area (Å²) < 4.78 is 0.825. The number of rotatable bonds is 1. The Morgan fingerprint density at radius 3 is 2.73 bits per heavy atom. The molecule has 1 aromatic heterocycles. The van der Waals surface area contributed by atoms with Gasteiger partial charge in [0.05, 0.1) is 4.21 Å². The summed E-state index contributed by atoms with van der Waals surface area (Å²) in [7, 11) is 0. The summed E-state index contributed by atoms with van der Waals surface area (Å²) in [5.41, 5.74) is 2.92. The van der Waals surface area contributed by atoms with Crippen LogP contribution < -0.4 is 0 Å². The lowest BCUT2D eigenvalue weighted by Gasteiger charge is -2.15. The van der Waals surface area contributed by atoms with Crippen molar-refractivity contribution in [3.05, 3.63) is 21.6 Å². The number of hydrogen-bond acceptors (Lipinski definition) is 5. The lowest BCUT2D eigenvalue weighted by atomic mass is 9.94. The van der Waals surface area contributed by atoms with Crippen LogP contribution in [0, 0.1) is 16.7 Å². The number of thiophene rings is 1. The van der Waals surface area contributed by atoms with Gasteiger partial charge in [-0.3, -0.25) is 0 Å². The highest BCUT2D eigenvalue weighted by Gasteiger charge is 2.23. The molecule has 0 aromatic carbocycles. The van der Waals surface area contributed by atoms with Crippen LogP contribution in [0.2, 0.25) is 0 Å². The Labute approximate surface area is 103 Å². The van der Waals surface area contributed by atoms with Gasteiger partial charge in [-0.25, -0.2) is 0 Å². The molecule has 0 spiro atoms. The molecule has 0 unspecified atom stereocenters. The van der Waals surface area contributed by atoms with E-state index in [1.54, 1.807) is 0 Å². The van der Waals surface area contributed by atoms with Crippen LogP contribution in [0.1, 0.15) is 22.4 Å². The van der Waals surface area contributed by atoms with E-state index in [2.05, 4.69) is 31.3 Å². The number of nitriles is 1. The Balaban J connectivity index is 2.69. The number of allylic oxidation sites excluding steroid dienone is 1. The van der Waals surface area contributed by atoms with Gasteiger partial charge in [-0.2, -0.15) is 5.26 Å². The third kappa shape index (κ3) is 1.63. The maximum atomic E-state index is 8.96. The lowest BCUT2D eigenvalue weighted by Crippen LogP contribution is -2.02. The fraction of sp³-hybridized carbons (Fsp3) is 0.200. The minimum Gasteiger partial charge on any atom is -0.308 e. The summed E-state index contributed by atoms with van der Waals surface area (Å²) in [6.45, 7) is 0. The van der Waals surface area contributed by atoms with Crippen molar-refractivity contribution < 1.29 is 0 Å². The van der Waals surface area contributed by atoms with Crippen molar-refractivity contribution in [3.8, 4) is 6.07 Å². The van der Waals surface area contributed by atoms with Gasteiger partial charge >= 0.3 is 0 Å². The number of thiol groups is 2. The van der Waals surface area contributed by atoms with Gasteiger partial charge in [-0.1, -0.05) is 0 Å². The van der Waals surface area contributed by atoms with E-state index in [4.69, 9.17) is 10.7 Å². The zero-order valence-electron chi connectivity index (χ0n) is 7.74. The first-order valence-corrected chi connectivity index (χ1v) is 6.07. The third-order valence-electron chi connectivity index (χ3n) is 2.45. The molecule has 15 heavy (non-hydrogen) atoms. The van der Waals surface area contributed by atoms with Crippen LogP contribution in [0.4, 0.5) is 0 Å². The Morgan fingerprint density at radius 1 is 1.40 bits per heavy atom. The zero-order valence-corrected chi connectivity index (χ0v) is 10.3. The van der Waals surface area contributed by atoms with Crippen LogP contribution in [-0.4, -0.2) is 6.21 Å².